The topological polar surface area (TPSA) is 59.0 Å². The SMILES string of the molecule is CCn1cc(CCNC(=O)Nc2cc(F)c(F)c(F)c2)c2cccnc21. The maximum atomic E-state index is 13.2. The number of carbonyl (C=O) groups excluding carboxylic acids is 1. The highest BCUT2D eigenvalue weighted by Crippen LogP contribution is 2.20. The van der Waals surface area contributed by atoms with E-state index in [-0.39, 0.29) is 5.69 Å². The van der Waals surface area contributed by atoms with Crippen molar-refractivity contribution >= 4 is 22.8 Å². The highest BCUT2D eigenvalue weighted by Gasteiger charge is 2.12. The Kier molecular flexibility index (Phi) is 5.11. The van der Waals surface area contributed by atoms with Crippen LogP contribution in [0.5, 0.6) is 0 Å². The summed E-state index contributed by atoms with van der Waals surface area (Å²) in [6.45, 7) is 3.11. The largest absolute Gasteiger partial charge is 0.338 e. The first-order valence-electron chi connectivity index (χ1n) is 8.11. The zero-order valence-electron chi connectivity index (χ0n) is 14.0. The van der Waals surface area contributed by atoms with Crippen LogP contribution in [0.1, 0.15) is 12.5 Å². The summed E-state index contributed by atoms with van der Waals surface area (Å²) in [7, 11) is 0. The molecule has 0 aliphatic heterocycles. The highest BCUT2D eigenvalue weighted by molar-refractivity contribution is 5.89. The van der Waals surface area contributed by atoms with Crippen LogP contribution in [-0.4, -0.2) is 22.1 Å². The third-order valence-electron chi connectivity index (χ3n) is 3.98. The minimum atomic E-state index is -1.57. The van der Waals surface area contributed by atoms with E-state index in [1.807, 2.05) is 29.8 Å². The molecule has 0 unspecified atom stereocenters. The number of hydrogen-bond donors (Lipinski definition) is 2. The molecular weight excluding hydrogens is 345 g/mol. The Bertz CT molecular complexity index is 932. The van der Waals surface area contributed by atoms with E-state index < -0.39 is 23.5 Å². The van der Waals surface area contributed by atoms with Crippen LogP contribution in [0, 0.1) is 17.5 Å². The lowest BCUT2D eigenvalue weighted by molar-refractivity contribution is 0.252. The maximum absolute atomic E-state index is 13.2. The number of benzene rings is 1. The number of aryl methyl sites for hydroxylation is 1. The Morgan fingerprint density at radius 3 is 2.65 bits per heavy atom. The quantitative estimate of drug-likeness (QED) is 0.678. The maximum Gasteiger partial charge on any atom is 0.319 e. The van der Waals surface area contributed by atoms with E-state index in [0.29, 0.717) is 13.0 Å². The second kappa shape index (κ2) is 7.47. The number of nitrogens with zero attached hydrogens (tertiary/aromatic N) is 2. The zero-order chi connectivity index (χ0) is 18.7. The summed E-state index contributed by atoms with van der Waals surface area (Å²) in [4.78, 5) is 16.2. The summed E-state index contributed by atoms with van der Waals surface area (Å²) in [5, 5.41) is 5.90. The van der Waals surface area contributed by atoms with Gasteiger partial charge in [-0.2, -0.15) is 0 Å². The smallest absolute Gasteiger partial charge is 0.319 e. The van der Waals surface area contributed by atoms with E-state index >= 15 is 0 Å². The third kappa shape index (κ3) is 3.63. The van der Waals surface area contributed by atoms with Gasteiger partial charge >= 0.3 is 6.03 Å². The second-order valence-corrected chi connectivity index (χ2v) is 5.70. The summed E-state index contributed by atoms with van der Waals surface area (Å²) in [5.74, 6) is -4.29. The molecule has 0 aliphatic rings. The number of hydrogen-bond acceptors (Lipinski definition) is 2. The molecule has 2 N–H and O–H groups in total. The Balaban J connectivity index is 1.61. The van der Waals surface area contributed by atoms with Crippen LogP contribution in [0.2, 0.25) is 0 Å². The Morgan fingerprint density at radius 2 is 1.96 bits per heavy atom. The summed E-state index contributed by atoms with van der Waals surface area (Å²) >= 11 is 0. The van der Waals surface area contributed by atoms with Crippen molar-refractivity contribution in [2.45, 2.75) is 19.9 Å². The van der Waals surface area contributed by atoms with Gasteiger partial charge in [0.2, 0.25) is 0 Å². The summed E-state index contributed by atoms with van der Waals surface area (Å²) in [6.07, 6.45) is 4.28. The van der Waals surface area contributed by atoms with Gasteiger partial charge in [-0.05, 0) is 31.0 Å². The van der Waals surface area contributed by atoms with Crippen LogP contribution in [0.3, 0.4) is 0 Å². The van der Waals surface area contributed by atoms with Crippen LogP contribution in [0.4, 0.5) is 23.7 Å². The van der Waals surface area contributed by atoms with Crippen molar-refractivity contribution < 1.29 is 18.0 Å². The molecule has 0 radical (unpaired) electrons. The molecule has 1 aromatic carbocycles. The van der Waals surface area contributed by atoms with Crippen molar-refractivity contribution in [2.75, 3.05) is 11.9 Å². The molecule has 0 bridgehead atoms. The van der Waals surface area contributed by atoms with Gasteiger partial charge in [-0.25, -0.2) is 22.9 Å². The van der Waals surface area contributed by atoms with E-state index in [0.717, 1.165) is 35.3 Å². The number of fused-ring (bicyclic) bond motifs is 1. The van der Waals surface area contributed by atoms with Gasteiger partial charge < -0.3 is 15.2 Å². The van der Waals surface area contributed by atoms with E-state index in [4.69, 9.17) is 0 Å². The molecule has 2 amide bonds. The average molecular weight is 362 g/mol. The first-order valence-corrected chi connectivity index (χ1v) is 8.11. The number of rotatable bonds is 5. The molecule has 0 saturated carbocycles. The number of urea groups is 1. The van der Waals surface area contributed by atoms with E-state index in [1.54, 1.807) is 6.20 Å². The molecule has 26 heavy (non-hydrogen) atoms. The zero-order valence-corrected chi connectivity index (χ0v) is 14.0. The fraction of sp³-hybridized carbons (Fsp3) is 0.222. The first-order chi connectivity index (χ1) is 12.5. The molecule has 2 aromatic heterocycles. The molecule has 0 fully saturated rings. The number of halogens is 3. The van der Waals surface area contributed by atoms with E-state index in [9.17, 15) is 18.0 Å². The highest BCUT2D eigenvalue weighted by atomic mass is 19.2. The second-order valence-electron chi connectivity index (χ2n) is 5.70. The van der Waals surface area contributed by atoms with Gasteiger partial charge in [0.15, 0.2) is 17.5 Å². The average Bonchev–Trinajstić information content (AvgIpc) is 2.98. The third-order valence-corrected chi connectivity index (χ3v) is 3.98. The molecule has 136 valence electrons. The minimum absolute atomic E-state index is 0.161. The van der Waals surface area contributed by atoms with Gasteiger partial charge in [0.05, 0.1) is 0 Å². The van der Waals surface area contributed by atoms with Crippen molar-refractivity contribution in [1.29, 1.82) is 0 Å². The molecule has 8 heteroatoms. The molecule has 0 atom stereocenters. The van der Waals surface area contributed by atoms with Gasteiger partial charge in [-0.15, -0.1) is 0 Å². The normalized spacial score (nSPS) is 10.9. The Labute approximate surface area is 147 Å². The molecule has 5 nitrogen and oxygen atoms in total. The molecule has 3 rings (SSSR count). The predicted octanol–water partition coefficient (Wildman–Crippen LogP) is 3.84. The van der Waals surface area contributed by atoms with Crippen molar-refractivity contribution in [3.05, 3.63) is 59.7 Å². The van der Waals surface area contributed by atoms with Crippen LogP contribution in [0.25, 0.3) is 11.0 Å². The van der Waals surface area contributed by atoms with E-state index in [1.165, 1.54) is 0 Å². The Morgan fingerprint density at radius 1 is 1.23 bits per heavy atom. The lowest BCUT2D eigenvalue weighted by atomic mass is 10.1. The molecule has 3 aromatic rings. The number of amides is 2. The molecule has 0 saturated heterocycles. The molecule has 2 heterocycles. The standard InChI is InChI=1S/C18H17F3N4O/c1-2-25-10-11(13-4-3-6-22-17(13)25)5-7-23-18(26)24-12-8-14(19)16(21)15(20)9-12/h3-4,6,8-10H,2,5,7H2,1H3,(H2,23,24,26). The number of carbonyl (C=O) groups is 1. The van der Waals surface area contributed by atoms with Crippen molar-refractivity contribution in [3.63, 3.8) is 0 Å². The number of nitrogens with one attached hydrogen (secondary N) is 2. The van der Waals surface area contributed by atoms with Crippen LogP contribution >= 0.6 is 0 Å². The number of pyridine rings is 1. The van der Waals surface area contributed by atoms with Crippen molar-refractivity contribution in [1.82, 2.24) is 14.9 Å². The van der Waals surface area contributed by atoms with E-state index in [2.05, 4.69) is 15.6 Å². The van der Waals surface area contributed by atoms with Crippen LogP contribution in [0.15, 0.2) is 36.7 Å². The summed E-state index contributed by atoms with van der Waals surface area (Å²) in [6, 6.07) is 4.63. The van der Waals surface area contributed by atoms with Gasteiger partial charge in [0, 0.05) is 48.7 Å². The monoisotopic (exact) mass is 362 g/mol. The van der Waals surface area contributed by atoms with Crippen molar-refractivity contribution in [2.24, 2.45) is 0 Å². The number of aromatic nitrogens is 2. The predicted molar refractivity (Wildman–Crippen MR) is 92.4 cm³/mol. The molecule has 0 aliphatic carbocycles. The lowest BCUT2D eigenvalue weighted by Gasteiger charge is -2.08. The van der Waals surface area contributed by atoms with Gasteiger partial charge in [-0.1, -0.05) is 0 Å². The van der Waals surface area contributed by atoms with Gasteiger partial charge in [-0.3, -0.25) is 0 Å². The minimum Gasteiger partial charge on any atom is -0.338 e. The molecule has 0 spiro atoms. The first kappa shape index (κ1) is 17.8. The fourth-order valence-electron chi connectivity index (χ4n) is 2.75. The molecular formula is C18H17F3N4O. The van der Waals surface area contributed by atoms with Gasteiger partial charge in [0.1, 0.15) is 5.65 Å². The Hall–Kier alpha value is -3.03. The summed E-state index contributed by atoms with van der Waals surface area (Å²) < 4.78 is 41.2. The van der Waals surface area contributed by atoms with Crippen LogP contribution in [-0.2, 0) is 13.0 Å². The van der Waals surface area contributed by atoms with Crippen LogP contribution < -0.4 is 10.6 Å². The summed E-state index contributed by atoms with van der Waals surface area (Å²) in [5.41, 5.74) is 1.76. The van der Waals surface area contributed by atoms with Gasteiger partial charge in [0.25, 0.3) is 0 Å². The fourth-order valence-corrected chi connectivity index (χ4v) is 2.75. The number of anilines is 1. The van der Waals surface area contributed by atoms with Crippen molar-refractivity contribution in [3.8, 4) is 0 Å². The lowest BCUT2D eigenvalue weighted by Crippen LogP contribution is -2.30.